The van der Waals surface area contributed by atoms with Crippen molar-refractivity contribution in [2.75, 3.05) is 14.2 Å². The van der Waals surface area contributed by atoms with Crippen molar-refractivity contribution in [1.82, 2.24) is 4.98 Å². The third-order valence-electron chi connectivity index (χ3n) is 3.29. The molecule has 100 valence electrons. The van der Waals surface area contributed by atoms with Crippen molar-refractivity contribution in [2.24, 2.45) is 0 Å². The van der Waals surface area contributed by atoms with Crippen LogP contribution in [0, 0.1) is 0 Å². The zero-order chi connectivity index (χ0) is 13.9. The van der Waals surface area contributed by atoms with E-state index in [-0.39, 0.29) is 0 Å². The fraction of sp³-hybridized carbons (Fsp3) is 0.118. The summed E-state index contributed by atoms with van der Waals surface area (Å²) in [5.41, 5.74) is 2.71. The molecule has 3 heteroatoms. The second kappa shape index (κ2) is 5.21. The maximum absolute atomic E-state index is 5.40. The summed E-state index contributed by atoms with van der Waals surface area (Å²) in [6, 6.07) is 17.8. The molecule has 3 aromatic rings. The summed E-state index contributed by atoms with van der Waals surface area (Å²) in [6.07, 6.45) is 0. The Morgan fingerprint density at radius 1 is 0.750 bits per heavy atom. The van der Waals surface area contributed by atoms with Crippen LogP contribution >= 0.6 is 0 Å². The standard InChI is InChI=1S/C17H15NO2/c1-19-15-8-4-3-7-13(15)14-11-10-12-6-5-9-16(20-2)17(12)18-14/h3-11H,1-2H3. The Morgan fingerprint density at radius 2 is 1.50 bits per heavy atom. The van der Waals surface area contributed by atoms with Crippen molar-refractivity contribution in [3.63, 3.8) is 0 Å². The highest BCUT2D eigenvalue weighted by atomic mass is 16.5. The van der Waals surface area contributed by atoms with Crippen LogP contribution in [0.1, 0.15) is 0 Å². The van der Waals surface area contributed by atoms with Crippen LogP contribution in [0.5, 0.6) is 11.5 Å². The number of fused-ring (bicyclic) bond motifs is 1. The molecule has 0 atom stereocenters. The predicted octanol–water partition coefficient (Wildman–Crippen LogP) is 3.92. The van der Waals surface area contributed by atoms with E-state index in [2.05, 4.69) is 0 Å². The summed E-state index contributed by atoms with van der Waals surface area (Å²) in [5.74, 6) is 1.59. The van der Waals surface area contributed by atoms with Gasteiger partial charge in [-0.15, -0.1) is 0 Å². The van der Waals surface area contributed by atoms with Gasteiger partial charge in [-0.05, 0) is 24.3 Å². The maximum atomic E-state index is 5.40. The minimum atomic E-state index is 0.777. The quantitative estimate of drug-likeness (QED) is 0.719. The van der Waals surface area contributed by atoms with Gasteiger partial charge in [-0.2, -0.15) is 0 Å². The number of nitrogens with zero attached hydrogens (tertiary/aromatic N) is 1. The molecular formula is C17H15NO2. The monoisotopic (exact) mass is 265 g/mol. The van der Waals surface area contributed by atoms with Gasteiger partial charge >= 0.3 is 0 Å². The molecule has 0 radical (unpaired) electrons. The van der Waals surface area contributed by atoms with Crippen molar-refractivity contribution >= 4 is 10.9 Å². The minimum absolute atomic E-state index is 0.777. The number of ether oxygens (including phenoxy) is 2. The Hall–Kier alpha value is -2.55. The van der Waals surface area contributed by atoms with E-state index in [1.807, 2.05) is 54.6 Å². The molecule has 0 unspecified atom stereocenters. The molecular weight excluding hydrogens is 250 g/mol. The molecule has 0 aliphatic carbocycles. The first-order valence-electron chi connectivity index (χ1n) is 6.40. The zero-order valence-corrected chi connectivity index (χ0v) is 11.5. The normalized spacial score (nSPS) is 10.5. The van der Waals surface area contributed by atoms with E-state index in [0.717, 1.165) is 33.7 Å². The Balaban J connectivity index is 2.22. The van der Waals surface area contributed by atoms with Gasteiger partial charge < -0.3 is 9.47 Å². The number of benzene rings is 2. The third kappa shape index (κ3) is 2.07. The number of methoxy groups -OCH3 is 2. The fourth-order valence-corrected chi connectivity index (χ4v) is 2.29. The van der Waals surface area contributed by atoms with Gasteiger partial charge in [0.25, 0.3) is 0 Å². The molecule has 0 N–H and O–H groups in total. The van der Waals surface area contributed by atoms with Crippen molar-refractivity contribution in [2.45, 2.75) is 0 Å². The highest BCUT2D eigenvalue weighted by molar-refractivity contribution is 5.87. The van der Waals surface area contributed by atoms with Gasteiger partial charge in [-0.1, -0.05) is 30.3 Å². The van der Waals surface area contributed by atoms with E-state index in [1.54, 1.807) is 14.2 Å². The molecule has 20 heavy (non-hydrogen) atoms. The number of hydrogen-bond acceptors (Lipinski definition) is 3. The molecule has 0 aliphatic heterocycles. The third-order valence-corrected chi connectivity index (χ3v) is 3.29. The van der Waals surface area contributed by atoms with Crippen LogP contribution < -0.4 is 9.47 Å². The molecule has 0 amide bonds. The summed E-state index contributed by atoms with van der Waals surface area (Å²) in [6.45, 7) is 0. The van der Waals surface area contributed by atoms with Gasteiger partial charge in [0, 0.05) is 10.9 Å². The van der Waals surface area contributed by atoms with Crippen molar-refractivity contribution in [1.29, 1.82) is 0 Å². The average molecular weight is 265 g/mol. The summed E-state index contributed by atoms with van der Waals surface area (Å²) >= 11 is 0. The Morgan fingerprint density at radius 3 is 2.30 bits per heavy atom. The molecule has 1 aromatic heterocycles. The molecule has 0 fully saturated rings. The number of aromatic nitrogens is 1. The van der Waals surface area contributed by atoms with Crippen LogP contribution in [0.4, 0.5) is 0 Å². The van der Waals surface area contributed by atoms with Gasteiger partial charge in [-0.25, -0.2) is 4.98 Å². The summed E-state index contributed by atoms with van der Waals surface area (Å²) in [7, 11) is 3.33. The Bertz CT molecular complexity index is 753. The number of rotatable bonds is 3. The number of pyridine rings is 1. The predicted molar refractivity (Wildman–Crippen MR) is 80.3 cm³/mol. The Kier molecular flexibility index (Phi) is 3.25. The van der Waals surface area contributed by atoms with Gasteiger partial charge in [0.05, 0.1) is 19.9 Å². The molecule has 2 aromatic carbocycles. The largest absolute Gasteiger partial charge is 0.496 e. The van der Waals surface area contributed by atoms with Crippen molar-refractivity contribution < 1.29 is 9.47 Å². The minimum Gasteiger partial charge on any atom is -0.496 e. The van der Waals surface area contributed by atoms with Gasteiger partial charge in [-0.3, -0.25) is 0 Å². The van der Waals surface area contributed by atoms with Crippen LogP contribution in [-0.4, -0.2) is 19.2 Å². The van der Waals surface area contributed by atoms with E-state index in [9.17, 15) is 0 Å². The van der Waals surface area contributed by atoms with Gasteiger partial charge in [0.2, 0.25) is 0 Å². The van der Waals surface area contributed by atoms with E-state index in [1.165, 1.54) is 0 Å². The summed E-state index contributed by atoms with van der Waals surface area (Å²) in [4.78, 5) is 4.72. The lowest BCUT2D eigenvalue weighted by Crippen LogP contribution is -1.92. The average Bonchev–Trinajstić information content (AvgIpc) is 2.53. The number of hydrogen-bond donors (Lipinski definition) is 0. The molecule has 0 spiro atoms. The highest BCUT2D eigenvalue weighted by Crippen LogP contribution is 2.31. The molecule has 3 nitrogen and oxygen atoms in total. The van der Waals surface area contributed by atoms with Crippen LogP contribution in [0.25, 0.3) is 22.2 Å². The molecule has 0 saturated heterocycles. The molecule has 3 rings (SSSR count). The SMILES string of the molecule is COc1ccccc1-c1ccc2cccc(OC)c2n1. The second-order valence-electron chi connectivity index (χ2n) is 4.43. The first kappa shape index (κ1) is 12.5. The van der Waals surface area contributed by atoms with Crippen LogP contribution in [0.2, 0.25) is 0 Å². The topological polar surface area (TPSA) is 31.4 Å². The first-order chi connectivity index (χ1) is 9.83. The summed E-state index contributed by atoms with van der Waals surface area (Å²) < 4.78 is 10.8. The zero-order valence-electron chi connectivity index (χ0n) is 11.5. The van der Waals surface area contributed by atoms with Gasteiger partial charge in [0.15, 0.2) is 0 Å². The molecule has 0 saturated carbocycles. The van der Waals surface area contributed by atoms with Crippen LogP contribution in [-0.2, 0) is 0 Å². The fourth-order valence-electron chi connectivity index (χ4n) is 2.29. The molecule has 0 aliphatic rings. The van der Waals surface area contributed by atoms with Gasteiger partial charge in [0.1, 0.15) is 17.0 Å². The number of para-hydroxylation sites is 2. The lowest BCUT2D eigenvalue weighted by atomic mass is 10.1. The smallest absolute Gasteiger partial charge is 0.145 e. The summed E-state index contributed by atoms with van der Waals surface area (Å²) in [5, 5.41) is 1.06. The van der Waals surface area contributed by atoms with Crippen molar-refractivity contribution in [3.05, 3.63) is 54.6 Å². The van der Waals surface area contributed by atoms with E-state index >= 15 is 0 Å². The second-order valence-corrected chi connectivity index (χ2v) is 4.43. The van der Waals surface area contributed by atoms with Crippen LogP contribution in [0.15, 0.2) is 54.6 Å². The maximum Gasteiger partial charge on any atom is 0.145 e. The molecule has 0 bridgehead atoms. The lowest BCUT2D eigenvalue weighted by Gasteiger charge is -2.10. The van der Waals surface area contributed by atoms with E-state index in [4.69, 9.17) is 14.5 Å². The first-order valence-corrected chi connectivity index (χ1v) is 6.40. The highest BCUT2D eigenvalue weighted by Gasteiger charge is 2.09. The lowest BCUT2D eigenvalue weighted by molar-refractivity contribution is 0.416. The molecule has 1 heterocycles. The van der Waals surface area contributed by atoms with E-state index < -0.39 is 0 Å². The Labute approximate surface area is 117 Å². The van der Waals surface area contributed by atoms with Crippen LogP contribution in [0.3, 0.4) is 0 Å². The van der Waals surface area contributed by atoms with Crippen molar-refractivity contribution in [3.8, 4) is 22.8 Å². The van der Waals surface area contributed by atoms with E-state index in [0.29, 0.717) is 0 Å².